The van der Waals surface area contributed by atoms with Gasteiger partial charge in [-0.25, -0.2) is 15.1 Å². The Hall–Kier alpha value is -3.04. The number of nitrogens with zero attached hydrogens (tertiary/aromatic N) is 4. The Kier molecular flexibility index (Phi) is 7.20. The van der Waals surface area contributed by atoms with Gasteiger partial charge in [0, 0.05) is 49.0 Å². The third-order valence-corrected chi connectivity index (χ3v) is 5.70. The van der Waals surface area contributed by atoms with Gasteiger partial charge in [0.15, 0.2) is 5.82 Å². The molecular formula is C23H23Cl2N7O. The maximum Gasteiger partial charge on any atom is 0.277 e. The lowest BCUT2D eigenvalue weighted by molar-refractivity contribution is 0.233. The molecule has 0 spiro atoms. The lowest BCUT2D eigenvalue weighted by atomic mass is 10.1. The van der Waals surface area contributed by atoms with E-state index in [0.717, 1.165) is 44.0 Å². The fourth-order valence-electron chi connectivity index (χ4n) is 3.78. The summed E-state index contributed by atoms with van der Waals surface area (Å²) >= 11 is 6.01. The molecule has 3 heterocycles. The summed E-state index contributed by atoms with van der Waals surface area (Å²) in [6.45, 7) is 5.08. The summed E-state index contributed by atoms with van der Waals surface area (Å²) in [4.78, 5) is 24.1. The molecule has 2 aromatic carbocycles. The molecule has 3 N–H and O–H groups in total. The summed E-state index contributed by atoms with van der Waals surface area (Å²) in [5.41, 5.74) is 3.00. The number of nitrogens with one attached hydrogen (secondary N) is 3. The van der Waals surface area contributed by atoms with Crippen LogP contribution in [0, 0.1) is 0 Å². The van der Waals surface area contributed by atoms with Crippen LogP contribution in [0.25, 0.3) is 22.3 Å². The summed E-state index contributed by atoms with van der Waals surface area (Å²) in [5.74, 6) is 0.915. The van der Waals surface area contributed by atoms with Crippen LogP contribution in [0.2, 0.25) is 5.02 Å². The monoisotopic (exact) mass is 483 g/mol. The van der Waals surface area contributed by atoms with Crippen molar-refractivity contribution in [2.45, 2.75) is 6.54 Å². The second-order valence-corrected chi connectivity index (χ2v) is 8.15. The van der Waals surface area contributed by atoms with Crippen LogP contribution < -0.4 is 16.2 Å². The first-order chi connectivity index (χ1) is 15.7. The van der Waals surface area contributed by atoms with Gasteiger partial charge in [-0.3, -0.25) is 9.69 Å². The third-order valence-electron chi connectivity index (χ3n) is 5.45. The number of hydrogen-bond acceptors (Lipinski definition) is 7. The van der Waals surface area contributed by atoms with Crippen LogP contribution in [0.1, 0.15) is 5.56 Å². The molecule has 1 fully saturated rings. The molecular weight excluding hydrogens is 461 g/mol. The first-order valence-electron chi connectivity index (χ1n) is 10.5. The number of anilines is 2. The molecule has 4 aromatic rings. The van der Waals surface area contributed by atoms with Crippen molar-refractivity contribution < 1.29 is 0 Å². The molecule has 2 aromatic heterocycles. The van der Waals surface area contributed by atoms with Crippen molar-refractivity contribution in [2.75, 3.05) is 31.5 Å². The SMILES string of the molecule is Cl.O=c1[nH]ncc2nc(-c3ccc(Cl)cc3)nc(Nc3ccc(CN4CCNCC4)cc3)c12. The van der Waals surface area contributed by atoms with E-state index in [0.29, 0.717) is 27.6 Å². The molecule has 0 bridgehead atoms. The highest BCUT2D eigenvalue weighted by atomic mass is 35.5. The van der Waals surface area contributed by atoms with Crippen LogP contribution in [0.4, 0.5) is 11.5 Å². The summed E-state index contributed by atoms with van der Waals surface area (Å²) in [7, 11) is 0. The Morgan fingerprint density at radius 1 is 1.00 bits per heavy atom. The van der Waals surface area contributed by atoms with Crippen molar-refractivity contribution in [2.24, 2.45) is 0 Å². The van der Waals surface area contributed by atoms with E-state index in [1.165, 1.54) is 11.8 Å². The van der Waals surface area contributed by atoms with Crippen LogP contribution in [0.3, 0.4) is 0 Å². The zero-order valence-electron chi connectivity index (χ0n) is 17.7. The van der Waals surface area contributed by atoms with Gasteiger partial charge in [0.1, 0.15) is 16.7 Å². The van der Waals surface area contributed by atoms with E-state index in [2.05, 4.69) is 47.8 Å². The molecule has 0 aliphatic carbocycles. The predicted octanol–water partition coefficient (Wildman–Crippen LogP) is 3.60. The average Bonchev–Trinajstić information content (AvgIpc) is 2.81. The maximum atomic E-state index is 12.5. The number of aromatic nitrogens is 4. The Labute approximate surface area is 201 Å². The molecule has 1 aliphatic heterocycles. The predicted molar refractivity (Wildman–Crippen MR) is 134 cm³/mol. The lowest BCUT2D eigenvalue weighted by Crippen LogP contribution is -2.42. The van der Waals surface area contributed by atoms with Gasteiger partial charge in [-0.2, -0.15) is 5.10 Å². The molecule has 170 valence electrons. The van der Waals surface area contributed by atoms with Gasteiger partial charge in [0.05, 0.1) is 6.20 Å². The van der Waals surface area contributed by atoms with Crippen molar-refractivity contribution in [1.82, 2.24) is 30.4 Å². The molecule has 0 atom stereocenters. The Balaban J connectivity index is 0.00000259. The molecule has 1 saturated heterocycles. The van der Waals surface area contributed by atoms with Crippen LogP contribution in [0.5, 0.6) is 0 Å². The second kappa shape index (κ2) is 10.3. The number of aromatic amines is 1. The van der Waals surface area contributed by atoms with Gasteiger partial charge >= 0.3 is 0 Å². The van der Waals surface area contributed by atoms with Gasteiger partial charge < -0.3 is 10.6 Å². The van der Waals surface area contributed by atoms with Gasteiger partial charge in [-0.15, -0.1) is 12.4 Å². The number of hydrogen-bond donors (Lipinski definition) is 3. The molecule has 5 rings (SSSR count). The average molecular weight is 484 g/mol. The van der Waals surface area contributed by atoms with Crippen LogP contribution in [-0.2, 0) is 6.54 Å². The highest BCUT2D eigenvalue weighted by Gasteiger charge is 2.14. The van der Waals surface area contributed by atoms with Crippen molar-refractivity contribution >= 4 is 46.4 Å². The van der Waals surface area contributed by atoms with Gasteiger partial charge in [0.2, 0.25) is 0 Å². The van der Waals surface area contributed by atoms with E-state index >= 15 is 0 Å². The molecule has 10 heteroatoms. The van der Waals surface area contributed by atoms with E-state index < -0.39 is 0 Å². The minimum Gasteiger partial charge on any atom is -0.339 e. The number of benzene rings is 2. The minimum absolute atomic E-state index is 0. The fourth-order valence-corrected chi connectivity index (χ4v) is 3.91. The normalized spacial score (nSPS) is 14.1. The molecule has 1 aliphatic rings. The Morgan fingerprint density at radius 2 is 1.73 bits per heavy atom. The number of H-pyrrole nitrogens is 1. The van der Waals surface area contributed by atoms with Crippen molar-refractivity contribution in [3.63, 3.8) is 0 Å². The zero-order valence-corrected chi connectivity index (χ0v) is 19.3. The number of fused-ring (bicyclic) bond motifs is 1. The Morgan fingerprint density at radius 3 is 2.45 bits per heavy atom. The van der Waals surface area contributed by atoms with E-state index in [1.807, 2.05) is 24.3 Å². The van der Waals surface area contributed by atoms with Crippen LogP contribution >= 0.6 is 24.0 Å². The molecule has 0 amide bonds. The number of piperazine rings is 1. The molecule has 0 unspecified atom stereocenters. The topological polar surface area (TPSA) is 98.8 Å². The summed E-state index contributed by atoms with van der Waals surface area (Å²) in [5, 5.41) is 14.0. The largest absolute Gasteiger partial charge is 0.339 e. The molecule has 0 radical (unpaired) electrons. The minimum atomic E-state index is -0.344. The number of rotatable bonds is 5. The quantitative estimate of drug-likeness (QED) is 0.398. The Bertz CT molecular complexity index is 1290. The molecule has 33 heavy (non-hydrogen) atoms. The third kappa shape index (κ3) is 5.31. The summed E-state index contributed by atoms with van der Waals surface area (Å²) < 4.78 is 0. The summed E-state index contributed by atoms with van der Waals surface area (Å²) in [6, 6.07) is 15.5. The lowest BCUT2D eigenvalue weighted by Gasteiger charge is -2.27. The van der Waals surface area contributed by atoms with Gasteiger partial charge in [0.25, 0.3) is 5.56 Å². The van der Waals surface area contributed by atoms with Crippen molar-refractivity contribution in [1.29, 1.82) is 0 Å². The molecule has 0 saturated carbocycles. The smallest absolute Gasteiger partial charge is 0.277 e. The van der Waals surface area contributed by atoms with Gasteiger partial charge in [-0.05, 0) is 42.0 Å². The van der Waals surface area contributed by atoms with E-state index in [9.17, 15) is 4.79 Å². The van der Waals surface area contributed by atoms with E-state index in [4.69, 9.17) is 11.6 Å². The van der Waals surface area contributed by atoms with E-state index in [-0.39, 0.29) is 18.0 Å². The summed E-state index contributed by atoms with van der Waals surface area (Å²) in [6.07, 6.45) is 1.53. The standard InChI is InChI=1S/C23H22ClN7O.ClH/c24-17-5-3-16(4-6-17)21-28-19-13-26-30-23(32)20(19)22(29-21)27-18-7-1-15(2-8-18)14-31-11-9-25-10-12-31;/h1-8,13,25H,9-12,14H2,(H,30,32)(H,27,28,29);1H. The van der Waals surface area contributed by atoms with Crippen molar-refractivity contribution in [3.05, 3.63) is 75.7 Å². The highest BCUT2D eigenvalue weighted by Crippen LogP contribution is 2.26. The van der Waals surface area contributed by atoms with Crippen LogP contribution in [0.15, 0.2) is 59.5 Å². The second-order valence-electron chi connectivity index (χ2n) is 7.71. The first-order valence-corrected chi connectivity index (χ1v) is 10.8. The maximum absolute atomic E-state index is 12.5. The zero-order chi connectivity index (χ0) is 21.9. The number of halogens is 2. The molecule has 8 nitrogen and oxygen atoms in total. The highest BCUT2D eigenvalue weighted by molar-refractivity contribution is 6.30. The fraction of sp³-hybridized carbons (Fsp3) is 0.217. The van der Waals surface area contributed by atoms with Crippen LogP contribution in [-0.4, -0.2) is 51.2 Å². The van der Waals surface area contributed by atoms with Gasteiger partial charge in [-0.1, -0.05) is 23.7 Å². The van der Waals surface area contributed by atoms with E-state index in [1.54, 1.807) is 12.1 Å². The van der Waals surface area contributed by atoms with Crippen molar-refractivity contribution in [3.8, 4) is 11.4 Å². The first kappa shape index (κ1) is 23.1.